The first-order chi connectivity index (χ1) is 11.3. The summed E-state index contributed by atoms with van der Waals surface area (Å²) in [5.74, 6) is 0.0186. The van der Waals surface area contributed by atoms with Crippen LogP contribution in [0.15, 0.2) is 101 Å². The molecule has 0 saturated carbocycles. The van der Waals surface area contributed by atoms with Crippen molar-refractivity contribution in [1.82, 2.24) is 0 Å². The molecule has 0 N–H and O–H groups in total. The number of hydrogen-bond donors (Lipinski definition) is 0. The van der Waals surface area contributed by atoms with E-state index in [2.05, 4.69) is 12.1 Å². The maximum absolute atomic E-state index is 12.2. The molecule has 0 aliphatic heterocycles. The maximum Gasteiger partial charge on any atom is 0.185 e. The van der Waals surface area contributed by atoms with Gasteiger partial charge in [-0.1, -0.05) is 66.4 Å². The highest BCUT2D eigenvalue weighted by molar-refractivity contribution is 7.99. The lowest BCUT2D eigenvalue weighted by Gasteiger charge is -2.02. The van der Waals surface area contributed by atoms with Crippen LogP contribution in [-0.4, -0.2) is 5.78 Å². The van der Waals surface area contributed by atoms with Crippen LogP contribution in [0.1, 0.15) is 15.9 Å². The number of rotatable bonds is 5. The fourth-order valence-corrected chi connectivity index (χ4v) is 2.98. The summed E-state index contributed by atoms with van der Waals surface area (Å²) < 4.78 is 0. The predicted molar refractivity (Wildman–Crippen MR) is 96.8 cm³/mol. The minimum absolute atomic E-state index is 0.0186. The molecule has 0 spiro atoms. The summed E-state index contributed by atoms with van der Waals surface area (Å²) in [7, 11) is 0. The van der Waals surface area contributed by atoms with Crippen molar-refractivity contribution in [3.8, 4) is 0 Å². The Morgan fingerprint density at radius 3 is 1.91 bits per heavy atom. The average Bonchev–Trinajstić information content (AvgIpc) is 2.62. The molecule has 0 fully saturated rings. The fraction of sp³-hybridized carbons (Fsp3) is 0. The Bertz CT molecular complexity index is 790. The summed E-state index contributed by atoms with van der Waals surface area (Å²) in [6.07, 6.45) is 3.46. The average molecular weight is 316 g/mol. The number of hydrogen-bond acceptors (Lipinski definition) is 2. The summed E-state index contributed by atoms with van der Waals surface area (Å²) in [5.41, 5.74) is 1.73. The van der Waals surface area contributed by atoms with Gasteiger partial charge >= 0.3 is 0 Å². The van der Waals surface area contributed by atoms with Gasteiger partial charge in [0.15, 0.2) is 5.78 Å². The first-order valence-corrected chi connectivity index (χ1v) is 8.23. The zero-order chi connectivity index (χ0) is 15.9. The van der Waals surface area contributed by atoms with E-state index < -0.39 is 0 Å². The van der Waals surface area contributed by atoms with Crippen LogP contribution in [0.2, 0.25) is 0 Å². The van der Waals surface area contributed by atoms with Gasteiger partial charge in [-0.2, -0.15) is 0 Å². The quantitative estimate of drug-likeness (QED) is 0.441. The van der Waals surface area contributed by atoms with Crippen molar-refractivity contribution in [3.63, 3.8) is 0 Å². The third-order valence-electron chi connectivity index (χ3n) is 3.34. The van der Waals surface area contributed by atoms with E-state index in [1.165, 1.54) is 4.90 Å². The van der Waals surface area contributed by atoms with Crippen LogP contribution >= 0.6 is 11.8 Å². The Balaban J connectivity index is 1.67. The van der Waals surface area contributed by atoms with E-state index in [0.29, 0.717) is 5.56 Å². The van der Waals surface area contributed by atoms with Gasteiger partial charge in [0.25, 0.3) is 0 Å². The van der Waals surface area contributed by atoms with Crippen LogP contribution in [0.4, 0.5) is 0 Å². The van der Waals surface area contributed by atoms with Gasteiger partial charge in [0.1, 0.15) is 0 Å². The van der Waals surface area contributed by atoms with Crippen molar-refractivity contribution >= 4 is 23.6 Å². The van der Waals surface area contributed by atoms with Gasteiger partial charge in [0, 0.05) is 15.4 Å². The minimum atomic E-state index is 0.0186. The molecule has 0 atom stereocenters. The van der Waals surface area contributed by atoms with Crippen molar-refractivity contribution in [2.24, 2.45) is 0 Å². The van der Waals surface area contributed by atoms with E-state index in [9.17, 15) is 4.79 Å². The van der Waals surface area contributed by atoms with Crippen LogP contribution in [0.3, 0.4) is 0 Å². The molecule has 2 heteroatoms. The molecule has 3 rings (SSSR count). The zero-order valence-electron chi connectivity index (χ0n) is 12.6. The second-order valence-electron chi connectivity index (χ2n) is 5.05. The van der Waals surface area contributed by atoms with Gasteiger partial charge in [-0.05, 0) is 48.0 Å². The molecule has 0 aliphatic rings. The standard InChI is InChI=1S/C21H16OS/c22-21(16-11-17-7-3-1-4-8-17)18-12-14-20(15-13-18)23-19-9-5-2-6-10-19/h1-16H/b16-11+. The van der Waals surface area contributed by atoms with Crippen molar-refractivity contribution < 1.29 is 4.79 Å². The van der Waals surface area contributed by atoms with Crippen molar-refractivity contribution in [3.05, 3.63) is 102 Å². The van der Waals surface area contributed by atoms with Gasteiger partial charge in [0.05, 0.1) is 0 Å². The number of ketones is 1. The Kier molecular flexibility index (Phi) is 5.07. The van der Waals surface area contributed by atoms with Crippen molar-refractivity contribution in [1.29, 1.82) is 0 Å². The smallest absolute Gasteiger partial charge is 0.185 e. The number of benzene rings is 3. The molecule has 3 aromatic carbocycles. The number of carbonyl (C=O) groups excluding carboxylic acids is 1. The van der Waals surface area contributed by atoms with E-state index in [1.807, 2.05) is 78.9 Å². The molecule has 3 aromatic rings. The highest BCUT2D eigenvalue weighted by Gasteiger charge is 2.02. The Labute approximate surface area is 140 Å². The fourth-order valence-electron chi connectivity index (χ4n) is 2.14. The van der Waals surface area contributed by atoms with Gasteiger partial charge in [-0.15, -0.1) is 0 Å². The number of carbonyl (C=O) groups is 1. The Morgan fingerprint density at radius 1 is 0.696 bits per heavy atom. The van der Waals surface area contributed by atoms with Gasteiger partial charge in [0.2, 0.25) is 0 Å². The first kappa shape index (κ1) is 15.3. The molecule has 112 valence electrons. The topological polar surface area (TPSA) is 17.1 Å². The zero-order valence-corrected chi connectivity index (χ0v) is 13.4. The van der Waals surface area contributed by atoms with Crippen molar-refractivity contribution in [2.45, 2.75) is 9.79 Å². The largest absolute Gasteiger partial charge is 0.289 e. The van der Waals surface area contributed by atoms with Crippen LogP contribution in [0.25, 0.3) is 6.08 Å². The molecule has 0 radical (unpaired) electrons. The second kappa shape index (κ2) is 7.61. The van der Waals surface area contributed by atoms with Crippen LogP contribution in [0.5, 0.6) is 0 Å². The first-order valence-electron chi connectivity index (χ1n) is 7.42. The Hall–Kier alpha value is -2.58. The van der Waals surface area contributed by atoms with Crippen LogP contribution < -0.4 is 0 Å². The van der Waals surface area contributed by atoms with E-state index in [0.717, 1.165) is 10.5 Å². The molecule has 0 saturated heterocycles. The summed E-state index contributed by atoms with van der Waals surface area (Å²) in [4.78, 5) is 14.5. The van der Waals surface area contributed by atoms with E-state index in [-0.39, 0.29) is 5.78 Å². The molecule has 0 bridgehead atoms. The summed E-state index contributed by atoms with van der Waals surface area (Å²) in [6, 6.07) is 27.8. The van der Waals surface area contributed by atoms with Crippen LogP contribution in [0, 0.1) is 0 Å². The van der Waals surface area contributed by atoms with Gasteiger partial charge < -0.3 is 0 Å². The van der Waals surface area contributed by atoms with E-state index in [4.69, 9.17) is 0 Å². The highest BCUT2D eigenvalue weighted by Crippen LogP contribution is 2.27. The molecule has 0 aromatic heterocycles. The highest BCUT2D eigenvalue weighted by atomic mass is 32.2. The SMILES string of the molecule is O=C(/C=C/c1ccccc1)c1ccc(Sc2ccccc2)cc1. The van der Waals surface area contributed by atoms with E-state index in [1.54, 1.807) is 17.8 Å². The van der Waals surface area contributed by atoms with Gasteiger partial charge in [-0.3, -0.25) is 4.79 Å². The van der Waals surface area contributed by atoms with E-state index >= 15 is 0 Å². The normalized spacial score (nSPS) is 10.8. The second-order valence-corrected chi connectivity index (χ2v) is 6.19. The summed E-state index contributed by atoms with van der Waals surface area (Å²) >= 11 is 1.69. The molecule has 23 heavy (non-hydrogen) atoms. The maximum atomic E-state index is 12.2. The predicted octanol–water partition coefficient (Wildman–Crippen LogP) is 5.73. The third kappa shape index (κ3) is 4.44. The molecule has 0 unspecified atom stereocenters. The monoisotopic (exact) mass is 316 g/mol. The lowest BCUT2D eigenvalue weighted by Crippen LogP contribution is -1.93. The lowest BCUT2D eigenvalue weighted by atomic mass is 10.1. The van der Waals surface area contributed by atoms with Crippen LogP contribution in [-0.2, 0) is 0 Å². The summed E-state index contributed by atoms with van der Waals surface area (Å²) in [5, 5.41) is 0. The lowest BCUT2D eigenvalue weighted by molar-refractivity contribution is 0.104. The molecular formula is C21H16OS. The minimum Gasteiger partial charge on any atom is -0.289 e. The molecule has 1 nitrogen and oxygen atoms in total. The van der Waals surface area contributed by atoms with Crippen molar-refractivity contribution in [2.75, 3.05) is 0 Å². The molecule has 0 amide bonds. The third-order valence-corrected chi connectivity index (χ3v) is 4.36. The summed E-state index contributed by atoms with van der Waals surface area (Å²) in [6.45, 7) is 0. The van der Waals surface area contributed by atoms with Gasteiger partial charge in [-0.25, -0.2) is 0 Å². The molecular weight excluding hydrogens is 300 g/mol. The molecule has 0 aliphatic carbocycles. The molecule has 0 heterocycles. The number of allylic oxidation sites excluding steroid dienone is 1. The Morgan fingerprint density at radius 2 is 1.26 bits per heavy atom.